The van der Waals surface area contributed by atoms with Crippen LogP contribution in [0.2, 0.25) is 0 Å². The Bertz CT molecular complexity index is 1200. The third-order valence-corrected chi connectivity index (χ3v) is 6.10. The highest BCUT2D eigenvalue weighted by Gasteiger charge is 2.21. The van der Waals surface area contributed by atoms with Crippen molar-refractivity contribution in [3.05, 3.63) is 58.6 Å². The average molecular weight is 449 g/mol. The Morgan fingerprint density at radius 1 is 1.27 bits per heavy atom. The van der Waals surface area contributed by atoms with E-state index in [4.69, 9.17) is 9.15 Å². The van der Waals surface area contributed by atoms with Gasteiger partial charge in [0.25, 0.3) is 0 Å². The molecule has 0 aliphatic carbocycles. The standard InChI is InChI=1S/C25H28N4O4/c1-32-13-12-29-22-14-19(9-10-23(22)33-25(29)31)17-5-7-18(8-6-17)20(15-26)16-28-24(30)21-4-2-3-11-27-21/h5-10,14,20-21,27H,2-4,11-13,16H2,1H3,(H,28,30)/t20-,21-/m0/s1. The minimum atomic E-state index is -0.429. The summed E-state index contributed by atoms with van der Waals surface area (Å²) in [5.74, 6) is -0.876. The molecule has 1 aliphatic heterocycles. The number of nitrogens with zero attached hydrogens (tertiary/aromatic N) is 2. The molecule has 1 amide bonds. The average Bonchev–Trinajstić information content (AvgIpc) is 3.17. The van der Waals surface area contributed by atoms with Crippen LogP contribution in [0.4, 0.5) is 0 Å². The normalized spacial score (nSPS) is 16.9. The molecule has 2 N–H and O–H groups in total. The number of nitriles is 1. The third kappa shape index (κ3) is 5.16. The van der Waals surface area contributed by atoms with Crippen molar-refractivity contribution in [1.29, 1.82) is 5.26 Å². The van der Waals surface area contributed by atoms with Crippen LogP contribution in [-0.2, 0) is 16.1 Å². The van der Waals surface area contributed by atoms with Gasteiger partial charge in [0.15, 0.2) is 5.58 Å². The van der Waals surface area contributed by atoms with Gasteiger partial charge in [0.1, 0.15) is 0 Å². The summed E-state index contributed by atoms with van der Waals surface area (Å²) in [5.41, 5.74) is 3.99. The molecule has 0 saturated carbocycles. The van der Waals surface area contributed by atoms with E-state index in [1.165, 1.54) is 0 Å². The highest BCUT2D eigenvalue weighted by Crippen LogP contribution is 2.26. The lowest BCUT2D eigenvalue weighted by Crippen LogP contribution is -2.47. The summed E-state index contributed by atoms with van der Waals surface area (Å²) < 4.78 is 12.0. The minimum absolute atomic E-state index is 0.0421. The highest BCUT2D eigenvalue weighted by atomic mass is 16.5. The highest BCUT2D eigenvalue weighted by molar-refractivity contribution is 5.82. The number of hydrogen-bond donors (Lipinski definition) is 2. The van der Waals surface area contributed by atoms with Crippen molar-refractivity contribution >= 4 is 17.0 Å². The van der Waals surface area contributed by atoms with Crippen LogP contribution in [0.3, 0.4) is 0 Å². The van der Waals surface area contributed by atoms with Crippen molar-refractivity contribution in [3.8, 4) is 17.2 Å². The molecular formula is C25H28N4O4. The van der Waals surface area contributed by atoms with E-state index in [-0.39, 0.29) is 18.5 Å². The summed E-state index contributed by atoms with van der Waals surface area (Å²) in [7, 11) is 1.59. The van der Waals surface area contributed by atoms with E-state index in [0.29, 0.717) is 24.3 Å². The first-order valence-electron chi connectivity index (χ1n) is 11.2. The molecule has 3 aromatic rings. The van der Waals surface area contributed by atoms with Crippen LogP contribution in [0, 0.1) is 11.3 Å². The Labute approximate surface area is 192 Å². The second-order valence-electron chi connectivity index (χ2n) is 8.25. The fourth-order valence-corrected chi connectivity index (χ4v) is 4.18. The quantitative estimate of drug-likeness (QED) is 0.548. The Morgan fingerprint density at radius 2 is 2.06 bits per heavy atom. The zero-order valence-electron chi connectivity index (χ0n) is 18.7. The largest absolute Gasteiger partial charge is 0.420 e. The Kier molecular flexibility index (Phi) is 7.23. The molecule has 0 spiro atoms. The van der Waals surface area contributed by atoms with Crippen molar-refractivity contribution in [3.63, 3.8) is 0 Å². The predicted octanol–water partition coefficient (Wildman–Crippen LogP) is 2.77. The maximum atomic E-state index is 12.4. The topological polar surface area (TPSA) is 109 Å². The molecule has 8 nitrogen and oxygen atoms in total. The number of hydrogen-bond acceptors (Lipinski definition) is 6. The van der Waals surface area contributed by atoms with E-state index in [1.54, 1.807) is 17.7 Å². The Morgan fingerprint density at radius 3 is 2.76 bits per heavy atom. The summed E-state index contributed by atoms with van der Waals surface area (Å²) in [5, 5.41) is 15.8. The van der Waals surface area contributed by atoms with Gasteiger partial charge in [-0.3, -0.25) is 9.36 Å². The van der Waals surface area contributed by atoms with Crippen LogP contribution >= 0.6 is 0 Å². The zero-order valence-corrected chi connectivity index (χ0v) is 18.7. The zero-order chi connectivity index (χ0) is 23.2. The number of nitrogens with one attached hydrogen (secondary N) is 2. The molecule has 0 bridgehead atoms. The molecule has 33 heavy (non-hydrogen) atoms. The fraction of sp³-hybridized carbons (Fsp3) is 0.400. The van der Waals surface area contributed by atoms with Crippen LogP contribution in [-0.4, -0.2) is 43.3 Å². The molecule has 1 saturated heterocycles. The molecule has 2 atom stereocenters. The first-order chi connectivity index (χ1) is 16.1. The number of benzene rings is 2. The molecule has 0 radical (unpaired) electrons. The molecule has 8 heteroatoms. The van der Waals surface area contributed by atoms with Gasteiger partial charge in [-0.1, -0.05) is 36.8 Å². The molecule has 1 fully saturated rings. The van der Waals surface area contributed by atoms with E-state index < -0.39 is 11.7 Å². The summed E-state index contributed by atoms with van der Waals surface area (Å²) in [6.07, 6.45) is 2.97. The number of amides is 1. The number of aromatic nitrogens is 1. The fourth-order valence-electron chi connectivity index (χ4n) is 4.18. The lowest BCUT2D eigenvalue weighted by molar-refractivity contribution is -0.123. The van der Waals surface area contributed by atoms with Gasteiger partial charge in [0.2, 0.25) is 5.91 Å². The maximum absolute atomic E-state index is 12.4. The van der Waals surface area contributed by atoms with Crippen molar-refractivity contribution in [1.82, 2.24) is 15.2 Å². The Balaban J connectivity index is 1.47. The number of carbonyl (C=O) groups excluding carboxylic acids is 1. The molecule has 172 valence electrons. The molecular weight excluding hydrogens is 420 g/mol. The van der Waals surface area contributed by atoms with Gasteiger partial charge in [-0.25, -0.2) is 4.79 Å². The SMILES string of the molecule is COCCn1c(=O)oc2ccc(-c3ccc([C@@H](C#N)CNC(=O)[C@@H]4CCCCN4)cc3)cc21. The van der Waals surface area contributed by atoms with Crippen LogP contribution in [0.1, 0.15) is 30.7 Å². The lowest BCUT2D eigenvalue weighted by atomic mass is 9.96. The van der Waals surface area contributed by atoms with Crippen molar-refractivity contribution in [2.45, 2.75) is 37.8 Å². The number of rotatable bonds is 8. The van der Waals surface area contributed by atoms with Gasteiger partial charge in [0, 0.05) is 13.7 Å². The number of carbonyl (C=O) groups is 1. The van der Waals surface area contributed by atoms with E-state index in [0.717, 1.165) is 42.5 Å². The Hall–Kier alpha value is -3.41. The number of oxazole rings is 1. The number of methoxy groups -OCH3 is 1. The molecule has 0 unspecified atom stereocenters. The summed E-state index contributed by atoms with van der Waals surface area (Å²) in [4.78, 5) is 24.5. The van der Waals surface area contributed by atoms with Crippen molar-refractivity contribution in [2.75, 3.05) is 26.8 Å². The van der Waals surface area contributed by atoms with Gasteiger partial charge < -0.3 is 19.8 Å². The van der Waals surface area contributed by atoms with Gasteiger partial charge in [-0.05, 0) is 48.2 Å². The summed E-state index contributed by atoms with van der Waals surface area (Å²) in [6.45, 7) is 1.96. The van der Waals surface area contributed by atoms with Crippen molar-refractivity contribution < 1.29 is 13.9 Å². The second-order valence-corrected chi connectivity index (χ2v) is 8.25. The minimum Gasteiger partial charge on any atom is -0.408 e. The monoisotopic (exact) mass is 448 g/mol. The maximum Gasteiger partial charge on any atom is 0.420 e. The molecule has 1 aromatic heterocycles. The third-order valence-electron chi connectivity index (χ3n) is 6.10. The van der Waals surface area contributed by atoms with Gasteiger partial charge in [-0.15, -0.1) is 0 Å². The molecule has 2 aromatic carbocycles. The van der Waals surface area contributed by atoms with Gasteiger partial charge in [0.05, 0.1) is 36.7 Å². The predicted molar refractivity (Wildman–Crippen MR) is 125 cm³/mol. The van der Waals surface area contributed by atoms with E-state index >= 15 is 0 Å². The molecule has 1 aliphatic rings. The van der Waals surface area contributed by atoms with E-state index in [9.17, 15) is 14.9 Å². The summed E-state index contributed by atoms with van der Waals surface area (Å²) >= 11 is 0. The van der Waals surface area contributed by atoms with Crippen LogP contribution in [0.25, 0.3) is 22.2 Å². The van der Waals surface area contributed by atoms with Crippen LogP contribution < -0.4 is 16.4 Å². The molecule has 4 rings (SSSR count). The second kappa shape index (κ2) is 10.5. The number of ether oxygens (including phenoxy) is 1. The van der Waals surface area contributed by atoms with Gasteiger partial charge >= 0.3 is 5.76 Å². The molecule has 2 heterocycles. The number of fused-ring (bicyclic) bond motifs is 1. The van der Waals surface area contributed by atoms with Crippen LogP contribution in [0.15, 0.2) is 51.7 Å². The number of piperidine rings is 1. The van der Waals surface area contributed by atoms with E-state index in [1.807, 2.05) is 36.4 Å². The smallest absolute Gasteiger partial charge is 0.408 e. The van der Waals surface area contributed by atoms with E-state index in [2.05, 4.69) is 16.7 Å². The van der Waals surface area contributed by atoms with Crippen molar-refractivity contribution in [2.24, 2.45) is 0 Å². The van der Waals surface area contributed by atoms with Gasteiger partial charge in [-0.2, -0.15) is 5.26 Å². The first kappa shape index (κ1) is 22.8. The van der Waals surface area contributed by atoms with Crippen LogP contribution in [0.5, 0.6) is 0 Å². The summed E-state index contributed by atoms with van der Waals surface area (Å²) in [6, 6.07) is 15.4. The first-order valence-corrected chi connectivity index (χ1v) is 11.2. The lowest BCUT2D eigenvalue weighted by Gasteiger charge is -2.23.